The Bertz CT molecular complexity index is 689. The van der Waals surface area contributed by atoms with Crippen molar-refractivity contribution in [1.82, 2.24) is 4.90 Å². The summed E-state index contributed by atoms with van der Waals surface area (Å²) in [5.41, 5.74) is 1.86. The second-order valence-corrected chi connectivity index (χ2v) is 6.79. The average molecular weight is 346 g/mol. The first-order chi connectivity index (χ1) is 12.0. The van der Waals surface area contributed by atoms with Crippen molar-refractivity contribution in [2.45, 2.75) is 25.6 Å². The molecule has 7 nitrogen and oxygen atoms in total. The van der Waals surface area contributed by atoms with E-state index in [0.717, 1.165) is 11.3 Å². The largest absolute Gasteiger partial charge is 0.423 e. The highest BCUT2D eigenvalue weighted by molar-refractivity contribution is 5.89. The number of aryl methyl sites for hydroxylation is 1. The summed E-state index contributed by atoms with van der Waals surface area (Å²) in [5.74, 6) is -0.306. The summed E-state index contributed by atoms with van der Waals surface area (Å²) in [6.07, 6.45) is 1.38. The Kier molecular flexibility index (Phi) is 4.13. The molecular weight excluding hydrogens is 324 g/mol. The number of hydrogen-bond acceptors (Lipinski definition) is 6. The molecule has 0 unspecified atom stereocenters. The minimum Gasteiger partial charge on any atom is -0.423 e. The molecule has 3 aliphatic heterocycles. The Morgan fingerprint density at radius 2 is 1.92 bits per heavy atom. The fraction of sp³-hybridized carbons (Fsp3) is 0.556. The van der Waals surface area contributed by atoms with E-state index in [1.807, 2.05) is 24.0 Å². The molecule has 2 fully saturated rings. The first-order valence-electron chi connectivity index (χ1n) is 8.67. The topological polar surface area (TPSA) is 68.3 Å². The summed E-state index contributed by atoms with van der Waals surface area (Å²) in [6, 6.07) is 5.61. The molecule has 0 bridgehead atoms. The minimum atomic E-state index is -0.491. The molecule has 0 saturated carbocycles. The third-order valence-electron chi connectivity index (χ3n) is 5.02. The molecule has 25 heavy (non-hydrogen) atoms. The molecule has 0 atom stereocenters. The Balaban J connectivity index is 1.43. The first kappa shape index (κ1) is 16.4. The van der Waals surface area contributed by atoms with Gasteiger partial charge in [-0.2, -0.15) is 0 Å². The van der Waals surface area contributed by atoms with Crippen molar-refractivity contribution in [1.29, 1.82) is 0 Å². The predicted octanol–water partition coefficient (Wildman–Crippen LogP) is 1.09. The highest BCUT2D eigenvalue weighted by Gasteiger charge is 2.41. The van der Waals surface area contributed by atoms with Crippen LogP contribution in [0.4, 0.5) is 5.69 Å². The van der Waals surface area contributed by atoms with Gasteiger partial charge in [0.2, 0.25) is 5.91 Å². The van der Waals surface area contributed by atoms with Crippen LogP contribution in [0.3, 0.4) is 0 Å². The summed E-state index contributed by atoms with van der Waals surface area (Å²) in [4.78, 5) is 28.2. The smallest absolute Gasteiger partial charge is 0.331 e. The Morgan fingerprint density at radius 1 is 1.20 bits per heavy atom. The molecule has 1 amide bonds. The maximum atomic E-state index is 12.7. The minimum absolute atomic E-state index is 0.00926. The lowest BCUT2D eigenvalue weighted by molar-refractivity contribution is -0.187. The van der Waals surface area contributed by atoms with E-state index < -0.39 is 5.79 Å². The van der Waals surface area contributed by atoms with Gasteiger partial charge in [0.25, 0.3) is 0 Å². The van der Waals surface area contributed by atoms with Gasteiger partial charge >= 0.3 is 5.97 Å². The molecule has 3 aliphatic rings. The second-order valence-electron chi connectivity index (χ2n) is 6.79. The predicted molar refractivity (Wildman–Crippen MR) is 89.5 cm³/mol. The van der Waals surface area contributed by atoms with Gasteiger partial charge in [0.05, 0.1) is 25.4 Å². The van der Waals surface area contributed by atoms with E-state index >= 15 is 0 Å². The highest BCUT2D eigenvalue weighted by atomic mass is 16.7. The number of likely N-dealkylation sites (tertiary alicyclic amines) is 1. The van der Waals surface area contributed by atoms with Crippen molar-refractivity contribution in [2.75, 3.05) is 44.3 Å². The van der Waals surface area contributed by atoms with Gasteiger partial charge in [0, 0.05) is 25.9 Å². The van der Waals surface area contributed by atoms with E-state index in [0.29, 0.717) is 44.9 Å². The fourth-order valence-electron chi connectivity index (χ4n) is 3.64. The van der Waals surface area contributed by atoms with Crippen LogP contribution in [0.25, 0.3) is 0 Å². The lowest BCUT2D eigenvalue weighted by Crippen LogP contribution is -2.51. The van der Waals surface area contributed by atoms with Crippen molar-refractivity contribution in [2.24, 2.45) is 0 Å². The van der Waals surface area contributed by atoms with E-state index in [-0.39, 0.29) is 25.0 Å². The number of nitrogens with zero attached hydrogens (tertiary/aromatic N) is 2. The number of fused-ring (bicyclic) bond motifs is 1. The van der Waals surface area contributed by atoms with Gasteiger partial charge in [-0.15, -0.1) is 0 Å². The van der Waals surface area contributed by atoms with Crippen molar-refractivity contribution in [3.05, 3.63) is 23.8 Å². The van der Waals surface area contributed by atoms with E-state index in [1.165, 1.54) is 0 Å². The molecule has 1 spiro atoms. The zero-order chi connectivity index (χ0) is 17.4. The van der Waals surface area contributed by atoms with Gasteiger partial charge in [0.1, 0.15) is 6.54 Å². The van der Waals surface area contributed by atoms with E-state index in [2.05, 4.69) is 0 Å². The molecule has 7 heteroatoms. The third-order valence-corrected chi connectivity index (χ3v) is 5.02. The lowest BCUT2D eigenvalue weighted by Gasteiger charge is -2.38. The van der Waals surface area contributed by atoms with Crippen molar-refractivity contribution in [3.63, 3.8) is 0 Å². The van der Waals surface area contributed by atoms with Crippen LogP contribution in [0, 0.1) is 6.92 Å². The maximum absolute atomic E-state index is 12.7. The molecule has 1 aromatic carbocycles. The first-order valence-corrected chi connectivity index (χ1v) is 8.67. The number of carbonyl (C=O) groups excluding carboxylic acids is 2. The van der Waals surface area contributed by atoms with Gasteiger partial charge in [0.15, 0.2) is 11.5 Å². The molecule has 1 aromatic rings. The van der Waals surface area contributed by atoms with Crippen molar-refractivity contribution < 1.29 is 23.8 Å². The number of amides is 1. The van der Waals surface area contributed by atoms with E-state index in [1.54, 1.807) is 11.0 Å². The van der Waals surface area contributed by atoms with Crippen LogP contribution in [0.1, 0.15) is 18.4 Å². The summed E-state index contributed by atoms with van der Waals surface area (Å²) >= 11 is 0. The number of benzene rings is 1. The van der Waals surface area contributed by atoms with Crippen LogP contribution >= 0.6 is 0 Å². The van der Waals surface area contributed by atoms with E-state index in [4.69, 9.17) is 14.2 Å². The van der Waals surface area contributed by atoms with Crippen LogP contribution in [-0.4, -0.2) is 62.0 Å². The number of hydrogen-bond donors (Lipinski definition) is 0. The Labute approximate surface area is 146 Å². The molecule has 0 N–H and O–H groups in total. The number of piperidine rings is 1. The standard InChI is InChI=1S/C18H22N2O5/c1-13-2-3-15-14(10-13)20(12-17(22)25-15)11-16(21)19-6-4-18(5-7-19)23-8-9-24-18/h2-3,10H,4-9,11-12H2,1H3. The van der Waals surface area contributed by atoms with Crippen molar-refractivity contribution >= 4 is 17.6 Å². The molecule has 134 valence electrons. The summed E-state index contributed by atoms with van der Waals surface area (Å²) < 4.78 is 16.7. The molecule has 2 saturated heterocycles. The van der Waals surface area contributed by atoms with Crippen LogP contribution < -0.4 is 9.64 Å². The number of anilines is 1. The SMILES string of the molecule is Cc1ccc2c(c1)N(CC(=O)N1CCC3(CC1)OCCO3)CC(=O)O2. The molecule has 4 rings (SSSR count). The van der Waals surface area contributed by atoms with Crippen molar-refractivity contribution in [3.8, 4) is 5.75 Å². The molecule has 3 heterocycles. The fourth-order valence-corrected chi connectivity index (χ4v) is 3.64. The van der Waals surface area contributed by atoms with Gasteiger partial charge in [-0.05, 0) is 24.6 Å². The number of rotatable bonds is 2. The summed E-state index contributed by atoms with van der Waals surface area (Å²) in [5, 5.41) is 0. The molecule has 0 aliphatic carbocycles. The summed E-state index contributed by atoms with van der Waals surface area (Å²) in [6.45, 7) is 4.70. The zero-order valence-electron chi connectivity index (χ0n) is 14.3. The second kappa shape index (κ2) is 6.31. The quantitative estimate of drug-likeness (QED) is 0.590. The average Bonchev–Trinajstić information content (AvgIpc) is 3.04. The van der Waals surface area contributed by atoms with Gasteiger partial charge in [-0.25, -0.2) is 4.79 Å². The number of carbonyl (C=O) groups is 2. The number of ether oxygens (including phenoxy) is 3. The molecule has 0 radical (unpaired) electrons. The third kappa shape index (κ3) is 3.21. The molecular formula is C18H22N2O5. The van der Waals surface area contributed by atoms with E-state index in [9.17, 15) is 9.59 Å². The van der Waals surface area contributed by atoms with Crippen LogP contribution in [-0.2, 0) is 19.1 Å². The van der Waals surface area contributed by atoms with Gasteiger partial charge in [-0.3, -0.25) is 4.79 Å². The zero-order valence-corrected chi connectivity index (χ0v) is 14.3. The molecule has 0 aromatic heterocycles. The normalized spacial score (nSPS) is 22.0. The highest BCUT2D eigenvalue weighted by Crippen LogP contribution is 2.34. The monoisotopic (exact) mass is 346 g/mol. The number of esters is 1. The van der Waals surface area contributed by atoms with Gasteiger partial charge < -0.3 is 24.0 Å². The van der Waals surface area contributed by atoms with Crippen LogP contribution in [0.2, 0.25) is 0 Å². The van der Waals surface area contributed by atoms with Crippen LogP contribution in [0.15, 0.2) is 18.2 Å². The van der Waals surface area contributed by atoms with Gasteiger partial charge in [-0.1, -0.05) is 6.07 Å². The lowest BCUT2D eigenvalue weighted by atomic mass is 10.0. The summed E-state index contributed by atoms with van der Waals surface area (Å²) in [7, 11) is 0. The Morgan fingerprint density at radius 3 is 2.64 bits per heavy atom. The maximum Gasteiger partial charge on any atom is 0.331 e. The van der Waals surface area contributed by atoms with Crippen LogP contribution in [0.5, 0.6) is 5.75 Å². The Hall–Kier alpha value is -2.12.